The molecule has 7 heteroatoms. The second kappa shape index (κ2) is 5.96. The first-order valence-electron chi connectivity index (χ1n) is 8.73. The SMILES string of the molecule is Cn1ncc2c(N3CCCCC3)nc(N3CC[NH+](C)CC3)nc21. The van der Waals surface area contributed by atoms with E-state index in [9.17, 15) is 0 Å². The highest BCUT2D eigenvalue weighted by atomic mass is 15.4. The third kappa shape index (κ3) is 2.73. The number of quaternary nitrogens is 1. The Hall–Kier alpha value is -1.89. The van der Waals surface area contributed by atoms with E-state index in [0.717, 1.165) is 62.1 Å². The van der Waals surface area contributed by atoms with Crippen LogP contribution in [-0.4, -0.2) is 66.1 Å². The minimum atomic E-state index is 0.870. The normalized spacial score (nSPS) is 20.4. The molecule has 0 amide bonds. The second-order valence-electron chi connectivity index (χ2n) is 6.84. The molecule has 0 radical (unpaired) electrons. The number of aromatic nitrogens is 4. The molecular formula is C16H26N7+. The highest BCUT2D eigenvalue weighted by Gasteiger charge is 2.24. The molecule has 2 fully saturated rings. The lowest BCUT2D eigenvalue weighted by Gasteiger charge is -2.32. The van der Waals surface area contributed by atoms with E-state index in [1.54, 1.807) is 4.90 Å². The molecule has 0 aliphatic carbocycles. The van der Waals surface area contributed by atoms with Crippen molar-refractivity contribution in [2.45, 2.75) is 19.3 Å². The summed E-state index contributed by atoms with van der Waals surface area (Å²) in [6.07, 6.45) is 5.74. The fraction of sp³-hybridized carbons (Fsp3) is 0.688. The summed E-state index contributed by atoms with van der Waals surface area (Å²) in [4.78, 5) is 16.1. The number of nitrogens with zero attached hydrogens (tertiary/aromatic N) is 6. The van der Waals surface area contributed by atoms with E-state index in [1.165, 1.54) is 19.3 Å². The summed E-state index contributed by atoms with van der Waals surface area (Å²) in [5, 5.41) is 5.50. The molecular weight excluding hydrogens is 290 g/mol. The molecule has 2 aromatic heterocycles. The van der Waals surface area contributed by atoms with E-state index in [2.05, 4.69) is 21.9 Å². The third-order valence-electron chi connectivity index (χ3n) is 5.12. The molecule has 2 aliphatic rings. The maximum Gasteiger partial charge on any atom is 0.229 e. The first-order chi connectivity index (χ1) is 11.2. The van der Waals surface area contributed by atoms with Gasteiger partial charge < -0.3 is 14.7 Å². The van der Waals surface area contributed by atoms with Gasteiger partial charge in [0, 0.05) is 20.1 Å². The fourth-order valence-corrected chi connectivity index (χ4v) is 3.57. The Balaban J connectivity index is 1.74. The Bertz CT molecular complexity index is 681. The Kier molecular flexibility index (Phi) is 3.80. The zero-order chi connectivity index (χ0) is 15.8. The van der Waals surface area contributed by atoms with E-state index in [0.29, 0.717) is 0 Å². The van der Waals surface area contributed by atoms with Gasteiger partial charge in [0.1, 0.15) is 5.82 Å². The van der Waals surface area contributed by atoms with Gasteiger partial charge in [-0.3, -0.25) is 4.68 Å². The number of piperazine rings is 1. The Morgan fingerprint density at radius 1 is 0.957 bits per heavy atom. The first-order valence-corrected chi connectivity index (χ1v) is 8.73. The van der Waals surface area contributed by atoms with Crippen molar-refractivity contribution >= 4 is 22.8 Å². The molecule has 0 unspecified atom stereocenters. The minimum absolute atomic E-state index is 0.870. The van der Waals surface area contributed by atoms with E-state index >= 15 is 0 Å². The van der Waals surface area contributed by atoms with Crippen LogP contribution in [0.5, 0.6) is 0 Å². The number of rotatable bonds is 2. The molecule has 1 N–H and O–H groups in total. The monoisotopic (exact) mass is 316 g/mol. The number of anilines is 2. The molecule has 0 bridgehead atoms. The predicted molar refractivity (Wildman–Crippen MR) is 91.2 cm³/mol. The Morgan fingerprint density at radius 3 is 2.43 bits per heavy atom. The highest BCUT2D eigenvalue weighted by molar-refractivity contribution is 5.88. The maximum atomic E-state index is 4.96. The molecule has 7 nitrogen and oxygen atoms in total. The van der Waals surface area contributed by atoms with Crippen LogP contribution in [0.3, 0.4) is 0 Å². The van der Waals surface area contributed by atoms with Crippen LogP contribution >= 0.6 is 0 Å². The van der Waals surface area contributed by atoms with Crippen LogP contribution < -0.4 is 14.7 Å². The van der Waals surface area contributed by atoms with Gasteiger partial charge in [-0.15, -0.1) is 0 Å². The van der Waals surface area contributed by atoms with Crippen LogP contribution in [0.4, 0.5) is 11.8 Å². The molecule has 124 valence electrons. The van der Waals surface area contributed by atoms with E-state index in [-0.39, 0.29) is 0 Å². The zero-order valence-corrected chi connectivity index (χ0v) is 14.1. The number of piperidine rings is 1. The molecule has 23 heavy (non-hydrogen) atoms. The van der Waals surface area contributed by atoms with Gasteiger partial charge in [-0.2, -0.15) is 15.1 Å². The molecule has 2 aromatic rings. The Morgan fingerprint density at radius 2 is 1.70 bits per heavy atom. The zero-order valence-electron chi connectivity index (χ0n) is 14.1. The van der Waals surface area contributed by atoms with Crippen LogP contribution in [0, 0.1) is 0 Å². The quantitative estimate of drug-likeness (QED) is 0.824. The molecule has 2 aliphatic heterocycles. The van der Waals surface area contributed by atoms with E-state index in [1.807, 2.05) is 17.9 Å². The number of hydrogen-bond acceptors (Lipinski definition) is 5. The summed E-state index contributed by atoms with van der Waals surface area (Å²) >= 11 is 0. The summed E-state index contributed by atoms with van der Waals surface area (Å²) in [6.45, 7) is 6.52. The van der Waals surface area contributed by atoms with Gasteiger partial charge in [0.25, 0.3) is 0 Å². The van der Waals surface area contributed by atoms with Gasteiger partial charge in [0.15, 0.2) is 5.65 Å². The van der Waals surface area contributed by atoms with Crippen molar-refractivity contribution in [3.63, 3.8) is 0 Å². The maximum absolute atomic E-state index is 4.96. The standard InChI is InChI=1S/C16H25N7/c1-20-8-10-23(11-9-20)16-18-14-13(12-17-21(14)2)15(19-16)22-6-4-3-5-7-22/h12H,3-11H2,1-2H3/p+1. The van der Waals surface area contributed by atoms with Gasteiger partial charge in [0.05, 0.1) is 44.8 Å². The summed E-state index contributed by atoms with van der Waals surface area (Å²) in [5.74, 6) is 1.94. The average molecular weight is 316 g/mol. The molecule has 0 aromatic carbocycles. The van der Waals surface area contributed by atoms with Gasteiger partial charge in [-0.05, 0) is 19.3 Å². The smallest absolute Gasteiger partial charge is 0.229 e. The van der Waals surface area contributed by atoms with E-state index in [4.69, 9.17) is 9.97 Å². The summed E-state index contributed by atoms with van der Waals surface area (Å²) in [6, 6.07) is 0. The van der Waals surface area contributed by atoms with Crippen molar-refractivity contribution in [2.24, 2.45) is 7.05 Å². The van der Waals surface area contributed by atoms with Crippen molar-refractivity contribution < 1.29 is 4.90 Å². The number of aryl methyl sites for hydroxylation is 1. The van der Waals surface area contributed by atoms with Crippen molar-refractivity contribution in [3.8, 4) is 0 Å². The van der Waals surface area contributed by atoms with Crippen molar-refractivity contribution in [1.82, 2.24) is 19.7 Å². The molecule has 4 rings (SSSR count). The summed E-state index contributed by atoms with van der Waals surface area (Å²) < 4.78 is 1.87. The second-order valence-corrected chi connectivity index (χ2v) is 6.84. The summed E-state index contributed by atoms with van der Waals surface area (Å²) in [7, 11) is 4.22. The Labute approximate surface area is 136 Å². The lowest BCUT2D eigenvalue weighted by atomic mass is 10.1. The molecule has 0 saturated carbocycles. The topological polar surface area (TPSA) is 54.5 Å². The number of fused-ring (bicyclic) bond motifs is 1. The first kappa shape index (κ1) is 14.7. The lowest BCUT2D eigenvalue weighted by Crippen LogP contribution is -3.12. The summed E-state index contributed by atoms with van der Waals surface area (Å²) in [5.41, 5.74) is 0.946. The molecule has 4 heterocycles. The fourth-order valence-electron chi connectivity index (χ4n) is 3.57. The van der Waals surface area contributed by atoms with Crippen LogP contribution in [-0.2, 0) is 7.05 Å². The molecule has 0 spiro atoms. The van der Waals surface area contributed by atoms with Crippen molar-refractivity contribution in [1.29, 1.82) is 0 Å². The van der Waals surface area contributed by atoms with Crippen LogP contribution in [0.1, 0.15) is 19.3 Å². The van der Waals surface area contributed by atoms with Gasteiger partial charge in [-0.25, -0.2) is 0 Å². The van der Waals surface area contributed by atoms with Crippen LogP contribution in [0.15, 0.2) is 6.20 Å². The molecule has 2 saturated heterocycles. The average Bonchev–Trinajstić information content (AvgIpc) is 2.97. The van der Waals surface area contributed by atoms with Gasteiger partial charge in [0.2, 0.25) is 5.95 Å². The third-order valence-corrected chi connectivity index (χ3v) is 5.12. The van der Waals surface area contributed by atoms with Gasteiger partial charge >= 0.3 is 0 Å². The van der Waals surface area contributed by atoms with E-state index < -0.39 is 0 Å². The number of hydrogen-bond donors (Lipinski definition) is 1. The van der Waals surface area contributed by atoms with Crippen molar-refractivity contribution in [3.05, 3.63) is 6.20 Å². The van der Waals surface area contributed by atoms with Crippen LogP contribution in [0.25, 0.3) is 11.0 Å². The number of likely N-dealkylation sites (N-methyl/N-ethyl adjacent to an activating group) is 1. The van der Waals surface area contributed by atoms with Gasteiger partial charge in [-0.1, -0.05) is 0 Å². The highest BCUT2D eigenvalue weighted by Crippen LogP contribution is 2.28. The van der Waals surface area contributed by atoms with Crippen molar-refractivity contribution in [2.75, 3.05) is 56.1 Å². The predicted octanol–water partition coefficient (Wildman–Crippen LogP) is -0.312. The molecule has 0 atom stereocenters. The minimum Gasteiger partial charge on any atom is -0.356 e. The number of nitrogens with one attached hydrogen (secondary N) is 1. The van der Waals surface area contributed by atoms with Crippen LogP contribution in [0.2, 0.25) is 0 Å². The lowest BCUT2D eigenvalue weighted by molar-refractivity contribution is -0.880. The largest absolute Gasteiger partial charge is 0.356 e.